The fourth-order valence-electron chi connectivity index (χ4n) is 1.01. The second kappa shape index (κ2) is 5.38. The van der Waals surface area contributed by atoms with E-state index in [1.54, 1.807) is 26.8 Å². The van der Waals surface area contributed by atoms with Crippen LogP contribution < -0.4 is 5.32 Å². The number of rotatable bonds is 3. The summed E-state index contributed by atoms with van der Waals surface area (Å²) in [6.07, 6.45) is 0.840. The molecule has 1 N–H and O–H groups in total. The summed E-state index contributed by atoms with van der Waals surface area (Å²) < 4.78 is 4.99. The van der Waals surface area contributed by atoms with Crippen LogP contribution in [0.25, 0.3) is 0 Å². The van der Waals surface area contributed by atoms with E-state index in [1.165, 1.54) is 12.3 Å². The fraction of sp³-hybridized carbons (Fsp3) is 0.455. The standard InChI is InChI=1S/C11H15N3O3/c1-11(2,3)17-10(16)12-7-9(15)8-5-4-6-13-14-8/h4-6H,7H2,1-3H3,(H,12,16). The van der Waals surface area contributed by atoms with Crippen molar-refractivity contribution in [1.82, 2.24) is 15.5 Å². The lowest BCUT2D eigenvalue weighted by molar-refractivity contribution is 0.0520. The molecule has 0 aliphatic heterocycles. The van der Waals surface area contributed by atoms with Crippen LogP contribution >= 0.6 is 0 Å². The van der Waals surface area contributed by atoms with Gasteiger partial charge in [0.25, 0.3) is 0 Å². The van der Waals surface area contributed by atoms with Crippen LogP contribution in [0, 0.1) is 0 Å². The Morgan fingerprint density at radius 1 is 1.41 bits per heavy atom. The quantitative estimate of drug-likeness (QED) is 0.798. The lowest BCUT2D eigenvalue weighted by Gasteiger charge is -2.19. The molecule has 1 aromatic heterocycles. The summed E-state index contributed by atoms with van der Waals surface area (Å²) in [5.74, 6) is -0.316. The van der Waals surface area contributed by atoms with Gasteiger partial charge in [-0.25, -0.2) is 4.79 Å². The molecule has 0 bridgehead atoms. The Hall–Kier alpha value is -1.98. The highest BCUT2D eigenvalue weighted by molar-refractivity contribution is 5.97. The van der Waals surface area contributed by atoms with Crippen molar-refractivity contribution < 1.29 is 14.3 Å². The Morgan fingerprint density at radius 2 is 2.12 bits per heavy atom. The number of carbonyl (C=O) groups is 2. The minimum atomic E-state index is -0.630. The largest absolute Gasteiger partial charge is 0.444 e. The second-order valence-corrected chi connectivity index (χ2v) is 4.39. The van der Waals surface area contributed by atoms with E-state index >= 15 is 0 Å². The molecule has 1 amide bonds. The molecule has 0 atom stereocenters. The average molecular weight is 237 g/mol. The Labute approximate surface area is 99.4 Å². The Kier molecular flexibility index (Phi) is 4.14. The summed E-state index contributed by atoms with van der Waals surface area (Å²) in [4.78, 5) is 22.8. The first kappa shape index (κ1) is 13.1. The third kappa shape index (κ3) is 5.05. The number of Topliss-reactive ketones (excluding diaryl/α,β-unsaturated/α-hetero) is 1. The molecule has 0 unspecified atom stereocenters. The molecule has 0 saturated heterocycles. The molecular weight excluding hydrogens is 222 g/mol. The van der Waals surface area contributed by atoms with Gasteiger partial charge in [0.1, 0.15) is 11.3 Å². The minimum Gasteiger partial charge on any atom is -0.444 e. The zero-order valence-electron chi connectivity index (χ0n) is 10.1. The van der Waals surface area contributed by atoms with Gasteiger partial charge in [0, 0.05) is 6.20 Å². The van der Waals surface area contributed by atoms with Crippen molar-refractivity contribution in [3.63, 3.8) is 0 Å². The average Bonchev–Trinajstić information content (AvgIpc) is 2.25. The van der Waals surface area contributed by atoms with Gasteiger partial charge in [-0.3, -0.25) is 4.79 Å². The third-order valence-corrected chi connectivity index (χ3v) is 1.65. The summed E-state index contributed by atoms with van der Waals surface area (Å²) in [7, 11) is 0. The molecule has 1 aromatic rings. The summed E-state index contributed by atoms with van der Waals surface area (Å²) in [6, 6.07) is 3.14. The van der Waals surface area contributed by atoms with Gasteiger partial charge in [-0.05, 0) is 32.9 Å². The zero-order chi connectivity index (χ0) is 12.9. The van der Waals surface area contributed by atoms with Crippen molar-refractivity contribution in [3.05, 3.63) is 24.0 Å². The minimum absolute atomic E-state index is 0.159. The molecule has 0 fully saturated rings. The van der Waals surface area contributed by atoms with Crippen molar-refractivity contribution in [1.29, 1.82) is 0 Å². The van der Waals surface area contributed by atoms with Gasteiger partial charge in [0.2, 0.25) is 5.78 Å². The first-order chi connectivity index (χ1) is 7.88. The maximum atomic E-state index is 11.5. The number of ether oxygens (including phenoxy) is 1. The van der Waals surface area contributed by atoms with Crippen LogP contribution in [0.4, 0.5) is 4.79 Å². The highest BCUT2D eigenvalue weighted by Crippen LogP contribution is 2.06. The SMILES string of the molecule is CC(C)(C)OC(=O)NCC(=O)c1cccnn1. The lowest BCUT2D eigenvalue weighted by atomic mass is 10.2. The third-order valence-electron chi connectivity index (χ3n) is 1.65. The summed E-state index contributed by atoms with van der Waals surface area (Å²) in [6.45, 7) is 5.08. The monoisotopic (exact) mass is 237 g/mol. The van der Waals surface area contributed by atoms with Crippen LogP contribution in [0.2, 0.25) is 0 Å². The molecule has 1 rings (SSSR count). The van der Waals surface area contributed by atoms with Gasteiger partial charge in [0.15, 0.2) is 0 Å². The molecular formula is C11H15N3O3. The maximum absolute atomic E-state index is 11.5. The second-order valence-electron chi connectivity index (χ2n) is 4.39. The highest BCUT2D eigenvalue weighted by Gasteiger charge is 2.17. The van der Waals surface area contributed by atoms with E-state index in [0.717, 1.165) is 0 Å². The van der Waals surface area contributed by atoms with Crippen molar-refractivity contribution >= 4 is 11.9 Å². The fourth-order valence-corrected chi connectivity index (χ4v) is 1.01. The van der Waals surface area contributed by atoms with E-state index in [1.807, 2.05) is 0 Å². The van der Waals surface area contributed by atoms with Crippen molar-refractivity contribution in [3.8, 4) is 0 Å². The van der Waals surface area contributed by atoms with Crippen LogP contribution in [0.1, 0.15) is 31.3 Å². The molecule has 17 heavy (non-hydrogen) atoms. The van der Waals surface area contributed by atoms with Crippen molar-refractivity contribution in [2.75, 3.05) is 6.54 Å². The Bertz CT molecular complexity index is 398. The molecule has 92 valence electrons. The molecule has 1 heterocycles. The normalized spacial score (nSPS) is 10.8. The highest BCUT2D eigenvalue weighted by atomic mass is 16.6. The van der Waals surface area contributed by atoms with Gasteiger partial charge in [-0.15, -0.1) is 5.10 Å². The number of hydrogen-bond donors (Lipinski definition) is 1. The number of carbonyl (C=O) groups excluding carboxylic acids is 2. The Morgan fingerprint density at radius 3 is 2.65 bits per heavy atom. The number of ketones is 1. The summed E-state index contributed by atoms with van der Waals surface area (Å²) in [5, 5.41) is 9.58. The molecule has 0 aromatic carbocycles. The molecule has 6 nitrogen and oxygen atoms in total. The number of nitrogens with one attached hydrogen (secondary N) is 1. The lowest BCUT2D eigenvalue weighted by Crippen LogP contribution is -2.35. The van der Waals surface area contributed by atoms with Gasteiger partial charge in [0.05, 0.1) is 6.54 Å². The van der Waals surface area contributed by atoms with Crippen molar-refractivity contribution in [2.45, 2.75) is 26.4 Å². The van der Waals surface area contributed by atoms with E-state index in [9.17, 15) is 9.59 Å². The van der Waals surface area contributed by atoms with Crippen LogP contribution in [-0.2, 0) is 4.74 Å². The number of aromatic nitrogens is 2. The van der Waals surface area contributed by atoms with Crippen LogP contribution in [0.15, 0.2) is 18.3 Å². The predicted molar refractivity (Wildman–Crippen MR) is 60.6 cm³/mol. The molecule has 0 aliphatic carbocycles. The summed E-state index contributed by atoms with van der Waals surface area (Å²) >= 11 is 0. The first-order valence-electron chi connectivity index (χ1n) is 5.16. The Balaban J connectivity index is 2.42. The summed E-state index contributed by atoms with van der Waals surface area (Å²) in [5.41, 5.74) is -0.372. The molecule has 0 saturated carbocycles. The van der Waals surface area contributed by atoms with Gasteiger partial charge < -0.3 is 10.1 Å². The van der Waals surface area contributed by atoms with E-state index in [2.05, 4.69) is 15.5 Å². The number of amides is 1. The number of hydrogen-bond acceptors (Lipinski definition) is 5. The molecule has 0 aliphatic rings. The van der Waals surface area contributed by atoms with Crippen LogP contribution in [0.3, 0.4) is 0 Å². The first-order valence-corrected chi connectivity index (χ1v) is 5.16. The number of nitrogens with zero attached hydrogens (tertiary/aromatic N) is 2. The zero-order valence-corrected chi connectivity index (χ0v) is 10.1. The number of alkyl carbamates (subject to hydrolysis) is 1. The predicted octanol–water partition coefficient (Wildman–Crippen LogP) is 1.18. The molecule has 6 heteroatoms. The van der Waals surface area contributed by atoms with E-state index in [0.29, 0.717) is 0 Å². The van der Waals surface area contributed by atoms with E-state index < -0.39 is 11.7 Å². The van der Waals surface area contributed by atoms with Gasteiger partial charge in [-0.1, -0.05) is 0 Å². The van der Waals surface area contributed by atoms with Crippen LogP contribution in [0.5, 0.6) is 0 Å². The maximum Gasteiger partial charge on any atom is 0.408 e. The van der Waals surface area contributed by atoms with Crippen LogP contribution in [-0.4, -0.2) is 34.2 Å². The van der Waals surface area contributed by atoms with Crippen molar-refractivity contribution in [2.24, 2.45) is 0 Å². The molecule has 0 spiro atoms. The van der Waals surface area contributed by atoms with Gasteiger partial charge in [-0.2, -0.15) is 5.10 Å². The van der Waals surface area contributed by atoms with E-state index in [4.69, 9.17) is 4.74 Å². The van der Waals surface area contributed by atoms with E-state index in [-0.39, 0.29) is 18.0 Å². The van der Waals surface area contributed by atoms with Gasteiger partial charge >= 0.3 is 6.09 Å². The smallest absolute Gasteiger partial charge is 0.408 e. The molecule has 0 radical (unpaired) electrons. The topological polar surface area (TPSA) is 81.2 Å².